The molecule has 0 bridgehead atoms. The maximum Gasteiger partial charge on any atom is 0.0409 e. The number of nitrogens with zero attached hydrogens (tertiary/aromatic N) is 1. The van der Waals surface area contributed by atoms with Crippen LogP contribution in [0, 0.1) is 0 Å². The molecule has 14 heavy (non-hydrogen) atoms. The van der Waals surface area contributed by atoms with Gasteiger partial charge in [-0.05, 0) is 29.1 Å². The first kappa shape index (κ1) is 8.82. The van der Waals surface area contributed by atoms with Crippen LogP contribution < -0.4 is 4.90 Å². The smallest absolute Gasteiger partial charge is 0.0409 e. The predicted octanol–water partition coefficient (Wildman–Crippen LogP) is 3.42. The summed E-state index contributed by atoms with van der Waals surface area (Å²) in [7, 11) is 2.00. The number of benzene rings is 2. The number of rotatable bonds is 2. The van der Waals surface area contributed by atoms with E-state index < -0.39 is 0 Å². The minimum absolute atomic E-state index is 1.17. The molecule has 0 unspecified atom stereocenters. The van der Waals surface area contributed by atoms with Gasteiger partial charge in [0.25, 0.3) is 0 Å². The standard InChI is InChI=1S/C13H13N/c1-3-14(2)13-9-8-11-6-4-5-7-12(11)10-13/h3-10H,1H2,2H3. The van der Waals surface area contributed by atoms with Gasteiger partial charge < -0.3 is 4.90 Å². The molecule has 70 valence electrons. The van der Waals surface area contributed by atoms with Crippen LogP contribution in [0.2, 0.25) is 0 Å². The van der Waals surface area contributed by atoms with E-state index >= 15 is 0 Å². The molecule has 0 aliphatic carbocycles. The van der Waals surface area contributed by atoms with Crippen molar-refractivity contribution in [3.8, 4) is 0 Å². The zero-order valence-corrected chi connectivity index (χ0v) is 8.27. The number of anilines is 1. The van der Waals surface area contributed by atoms with E-state index in [0.717, 1.165) is 0 Å². The normalized spacial score (nSPS) is 10.1. The first-order valence-electron chi connectivity index (χ1n) is 4.65. The molecule has 0 saturated heterocycles. The zero-order valence-electron chi connectivity index (χ0n) is 8.27. The van der Waals surface area contributed by atoms with E-state index in [9.17, 15) is 0 Å². The predicted molar refractivity (Wildman–Crippen MR) is 62.5 cm³/mol. The molecule has 0 saturated carbocycles. The Bertz CT molecular complexity index is 459. The van der Waals surface area contributed by atoms with Crippen molar-refractivity contribution in [1.29, 1.82) is 0 Å². The molecule has 1 heteroatoms. The Labute approximate surface area is 84.3 Å². The molecule has 2 aromatic rings. The highest BCUT2D eigenvalue weighted by atomic mass is 15.1. The van der Waals surface area contributed by atoms with Crippen LogP contribution in [0.5, 0.6) is 0 Å². The van der Waals surface area contributed by atoms with Crippen LogP contribution in [0.1, 0.15) is 0 Å². The van der Waals surface area contributed by atoms with E-state index in [-0.39, 0.29) is 0 Å². The van der Waals surface area contributed by atoms with Crippen molar-refractivity contribution < 1.29 is 0 Å². The van der Waals surface area contributed by atoms with Crippen molar-refractivity contribution in [3.63, 3.8) is 0 Å². The summed E-state index contributed by atoms with van der Waals surface area (Å²) in [4.78, 5) is 2.01. The highest BCUT2D eigenvalue weighted by Gasteiger charge is 1.97. The van der Waals surface area contributed by atoms with Crippen molar-refractivity contribution >= 4 is 16.5 Å². The van der Waals surface area contributed by atoms with Crippen LogP contribution in [0.3, 0.4) is 0 Å². The summed E-state index contributed by atoms with van der Waals surface area (Å²) < 4.78 is 0. The molecule has 2 aromatic carbocycles. The van der Waals surface area contributed by atoms with Crippen LogP contribution >= 0.6 is 0 Å². The summed E-state index contributed by atoms with van der Waals surface area (Å²) in [5.41, 5.74) is 1.17. The minimum atomic E-state index is 1.17. The van der Waals surface area contributed by atoms with E-state index in [2.05, 4.69) is 49.0 Å². The molecule has 0 spiro atoms. The van der Waals surface area contributed by atoms with Gasteiger partial charge in [0, 0.05) is 12.7 Å². The number of hydrogen-bond acceptors (Lipinski definition) is 1. The van der Waals surface area contributed by atoms with Crippen LogP contribution in [0.4, 0.5) is 5.69 Å². The minimum Gasteiger partial charge on any atom is -0.352 e. The van der Waals surface area contributed by atoms with Crippen molar-refractivity contribution in [1.82, 2.24) is 0 Å². The Hall–Kier alpha value is -1.76. The fraction of sp³-hybridized carbons (Fsp3) is 0.0769. The maximum atomic E-state index is 3.74. The molecule has 0 N–H and O–H groups in total. The third kappa shape index (κ3) is 1.49. The quantitative estimate of drug-likeness (QED) is 0.689. The summed E-state index contributed by atoms with van der Waals surface area (Å²) in [5, 5.41) is 2.53. The fourth-order valence-electron chi connectivity index (χ4n) is 1.50. The van der Waals surface area contributed by atoms with Crippen LogP contribution in [0.25, 0.3) is 10.8 Å². The topological polar surface area (TPSA) is 3.24 Å². The monoisotopic (exact) mass is 183 g/mol. The highest BCUT2D eigenvalue weighted by molar-refractivity contribution is 5.85. The second kappa shape index (κ2) is 3.54. The first-order valence-corrected chi connectivity index (χ1v) is 4.65. The van der Waals surface area contributed by atoms with Crippen LogP contribution in [-0.2, 0) is 0 Å². The first-order chi connectivity index (χ1) is 6.81. The van der Waals surface area contributed by atoms with E-state index in [1.165, 1.54) is 16.5 Å². The lowest BCUT2D eigenvalue weighted by Gasteiger charge is -2.13. The molecule has 0 heterocycles. The van der Waals surface area contributed by atoms with Crippen molar-refractivity contribution in [3.05, 3.63) is 55.2 Å². The second-order valence-electron chi connectivity index (χ2n) is 3.32. The Morgan fingerprint density at radius 2 is 1.79 bits per heavy atom. The Morgan fingerprint density at radius 1 is 1.07 bits per heavy atom. The Morgan fingerprint density at radius 3 is 2.50 bits per heavy atom. The van der Waals surface area contributed by atoms with Gasteiger partial charge in [-0.15, -0.1) is 0 Å². The summed E-state index contributed by atoms with van der Waals surface area (Å²) >= 11 is 0. The van der Waals surface area contributed by atoms with Gasteiger partial charge in [0.2, 0.25) is 0 Å². The largest absolute Gasteiger partial charge is 0.352 e. The molecule has 0 radical (unpaired) electrons. The van der Waals surface area contributed by atoms with E-state index in [1.807, 2.05) is 18.1 Å². The summed E-state index contributed by atoms with van der Waals surface area (Å²) in [5.74, 6) is 0. The number of hydrogen-bond donors (Lipinski definition) is 0. The van der Waals surface area contributed by atoms with Gasteiger partial charge in [0.15, 0.2) is 0 Å². The zero-order chi connectivity index (χ0) is 9.97. The molecular formula is C13H13N. The van der Waals surface area contributed by atoms with Crippen LogP contribution in [0.15, 0.2) is 55.2 Å². The lowest BCUT2D eigenvalue weighted by molar-refractivity contribution is 1.21. The Kier molecular flexibility index (Phi) is 2.23. The average Bonchev–Trinajstić information content (AvgIpc) is 2.27. The van der Waals surface area contributed by atoms with Gasteiger partial charge in [0.05, 0.1) is 0 Å². The molecular weight excluding hydrogens is 170 g/mol. The fourth-order valence-corrected chi connectivity index (χ4v) is 1.50. The molecule has 0 atom stereocenters. The van der Waals surface area contributed by atoms with E-state index in [4.69, 9.17) is 0 Å². The third-order valence-corrected chi connectivity index (χ3v) is 2.41. The second-order valence-corrected chi connectivity index (χ2v) is 3.32. The SMILES string of the molecule is C=CN(C)c1ccc2ccccc2c1. The van der Waals surface area contributed by atoms with E-state index in [1.54, 1.807) is 0 Å². The molecule has 0 amide bonds. The molecule has 0 aliphatic rings. The third-order valence-electron chi connectivity index (χ3n) is 2.41. The lowest BCUT2D eigenvalue weighted by atomic mass is 10.1. The van der Waals surface area contributed by atoms with Gasteiger partial charge in [0.1, 0.15) is 0 Å². The van der Waals surface area contributed by atoms with E-state index in [0.29, 0.717) is 0 Å². The molecule has 0 aliphatic heterocycles. The summed E-state index contributed by atoms with van der Waals surface area (Å²) in [6.45, 7) is 3.74. The highest BCUT2D eigenvalue weighted by Crippen LogP contribution is 2.21. The summed E-state index contributed by atoms with van der Waals surface area (Å²) in [6.07, 6.45) is 1.81. The Balaban J connectivity index is 2.56. The summed E-state index contributed by atoms with van der Waals surface area (Å²) in [6, 6.07) is 14.7. The van der Waals surface area contributed by atoms with Gasteiger partial charge in [-0.2, -0.15) is 0 Å². The molecule has 1 nitrogen and oxygen atoms in total. The van der Waals surface area contributed by atoms with Crippen molar-refractivity contribution in [2.75, 3.05) is 11.9 Å². The van der Waals surface area contributed by atoms with Gasteiger partial charge >= 0.3 is 0 Å². The van der Waals surface area contributed by atoms with Crippen molar-refractivity contribution in [2.24, 2.45) is 0 Å². The average molecular weight is 183 g/mol. The molecule has 2 rings (SSSR count). The molecule has 0 aromatic heterocycles. The van der Waals surface area contributed by atoms with Gasteiger partial charge in [-0.3, -0.25) is 0 Å². The number of fused-ring (bicyclic) bond motifs is 1. The maximum absolute atomic E-state index is 3.74. The van der Waals surface area contributed by atoms with Gasteiger partial charge in [-0.1, -0.05) is 36.9 Å². The molecule has 0 fully saturated rings. The van der Waals surface area contributed by atoms with Crippen molar-refractivity contribution in [2.45, 2.75) is 0 Å². The lowest BCUT2D eigenvalue weighted by Crippen LogP contribution is -2.06. The van der Waals surface area contributed by atoms with Crippen LogP contribution in [-0.4, -0.2) is 7.05 Å². The van der Waals surface area contributed by atoms with Gasteiger partial charge in [-0.25, -0.2) is 0 Å².